The van der Waals surface area contributed by atoms with Crippen LogP contribution in [0.5, 0.6) is 5.88 Å². The summed E-state index contributed by atoms with van der Waals surface area (Å²) in [5, 5.41) is 3.20. The average molecular weight is 226 g/mol. The van der Waals surface area contributed by atoms with Gasteiger partial charge in [0.25, 0.3) is 0 Å². The van der Waals surface area contributed by atoms with Crippen molar-refractivity contribution in [1.82, 2.24) is 10.3 Å². The van der Waals surface area contributed by atoms with E-state index in [0.717, 1.165) is 25.1 Å². The largest absolute Gasteiger partial charge is 0.417 e. The van der Waals surface area contributed by atoms with Gasteiger partial charge in [-0.25, -0.2) is 4.98 Å². The summed E-state index contributed by atoms with van der Waals surface area (Å²) >= 11 is 0. The number of aromatic nitrogens is 1. The highest BCUT2D eigenvalue weighted by Crippen LogP contribution is 2.20. The fourth-order valence-corrected chi connectivity index (χ4v) is 1.62. The standard InChI is InChI=1S/C11H12F2N2O/c12-11(13)16-10-2-1-9(7-15-10)8-3-5-14-6-4-8/h1-3,7,11,14H,4-6H2. The number of pyridine rings is 1. The first kappa shape index (κ1) is 11.0. The summed E-state index contributed by atoms with van der Waals surface area (Å²) in [6, 6.07) is 3.21. The molecule has 1 aromatic heterocycles. The predicted molar refractivity (Wildman–Crippen MR) is 56.3 cm³/mol. The summed E-state index contributed by atoms with van der Waals surface area (Å²) in [4.78, 5) is 3.83. The smallest absolute Gasteiger partial charge is 0.388 e. The molecule has 3 nitrogen and oxygen atoms in total. The van der Waals surface area contributed by atoms with Crippen molar-refractivity contribution >= 4 is 5.57 Å². The molecule has 0 bridgehead atoms. The van der Waals surface area contributed by atoms with Gasteiger partial charge in [-0.2, -0.15) is 8.78 Å². The summed E-state index contributed by atoms with van der Waals surface area (Å²) < 4.78 is 28.0. The molecule has 1 aliphatic heterocycles. The third kappa shape index (κ3) is 2.76. The third-order valence-electron chi connectivity index (χ3n) is 2.38. The lowest BCUT2D eigenvalue weighted by Gasteiger charge is -2.14. The molecule has 2 heterocycles. The lowest BCUT2D eigenvalue weighted by molar-refractivity contribution is -0.0528. The normalized spacial score (nSPS) is 16.1. The molecule has 0 spiro atoms. The highest BCUT2D eigenvalue weighted by Gasteiger charge is 2.08. The fourth-order valence-electron chi connectivity index (χ4n) is 1.62. The number of rotatable bonds is 3. The van der Waals surface area contributed by atoms with Crippen molar-refractivity contribution in [3.8, 4) is 5.88 Å². The highest BCUT2D eigenvalue weighted by molar-refractivity contribution is 5.66. The maximum Gasteiger partial charge on any atom is 0.388 e. The zero-order chi connectivity index (χ0) is 11.4. The summed E-state index contributed by atoms with van der Waals surface area (Å²) in [6.45, 7) is -1.05. The molecule has 1 aromatic rings. The SMILES string of the molecule is FC(F)Oc1ccc(C2=CCNCC2)cn1. The van der Waals surface area contributed by atoms with Gasteiger partial charge in [-0.1, -0.05) is 6.08 Å². The molecule has 0 amide bonds. The van der Waals surface area contributed by atoms with Crippen molar-refractivity contribution in [1.29, 1.82) is 0 Å². The molecule has 2 rings (SSSR count). The van der Waals surface area contributed by atoms with Gasteiger partial charge in [-0.3, -0.25) is 0 Å². The van der Waals surface area contributed by atoms with Gasteiger partial charge in [0.1, 0.15) is 0 Å². The molecule has 86 valence electrons. The Morgan fingerprint density at radius 2 is 2.25 bits per heavy atom. The molecular weight excluding hydrogens is 214 g/mol. The van der Waals surface area contributed by atoms with Crippen LogP contribution < -0.4 is 10.1 Å². The van der Waals surface area contributed by atoms with Crippen molar-refractivity contribution in [3.05, 3.63) is 30.0 Å². The predicted octanol–water partition coefficient (Wildman–Crippen LogP) is 2.06. The quantitative estimate of drug-likeness (QED) is 0.856. The van der Waals surface area contributed by atoms with Crippen LogP contribution in [-0.4, -0.2) is 24.7 Å². The van der Waals surface area contributed by atoms with Crippen LogP contribution in [0.15, 0.2) is 24.4 Å². The van der Waals surface area contributed by atoms with Crippen molar-refractivity contribution in [2.45, 2.75) is 13.0 Å². The molecule has 0 radical (unpaired) electrons. The first-order chi connectivity index (χ1) is 7.75. The van der Waals surface area contributed by atoms with Gasteiger partial charge >= 0.3 is 6.61 Å². The van der Waals surface area contributed by atoms with Gasteiger partial charge in [0.2, 0.25) is 5.88 Å². The van der Waals surface area contributed by atoms with E-state index in [1.54, 1.807) is 12.3 Å². The summed E-state index contributed by atoms with van der Waals surface area (Å²) in [5.74, 6) is -0.0479. The maximum absolute atomic E-state index is 11.9. The molecule has 0 unspecified atom stereocenters. The Labute approximate surface area is 92.1 Å². The van der Waals surface area contributed by atoms with Gasteiger partial charge in [-0.15, -0.1) is 0 Å². The van der Waals surface area contributed by atoms with Crippen LogP contribution in [0.4, 0.5) is 8.78 Å². The Kier molecular flexibility index (Phi) is 3.46. The van der Waals surface area contributed by atoms with E-state index in [0.29, 0.717) is 0 Å². The van der Waals surface area contributed by atoms with E-state index < -0.39 is 6.61 Å². The van der Waals surface area contributed by atoms with E-state index in [-0.39, 0.29) is 5.88 Å². The van der Waals surface area contributed by atoms with Gasteiger partial charge in [0, 0.05) is 18.8 Å². The molecule has 0 saturated heterocycles. The van der Waals surface area contributed by atoms with Crippen LogP contribution in [0.25, 0.3) is 5.57 Å². The minimum Gasteiger partial charge on any atom is -0.417 e. The van der Waals surface area contributed by atoms with Crippen LogP contribution in [0.1, 0.15) is 12.0 Å². The van der Waals surface area contributed by atoms with E-state index >= 15 is 0 Å². The van der Waals surface area contributed by atoms with Gasteiger partial charge in [0.15, 0.2) is 0 Å². The zero-order valence-corrected chi connectivity index (χ0v) is 8.62. The fraction of sp³-hybridized carbons (Fsp3) is 0.364. The lowest BCUT2D eigenvalue weighted by Crippen LogP contribution is -2.20. The Hall–Kier alpha value is -1.49. The van der Waals surface area contributed by atoms with Gasteiger partial charge in [0.05, 0.1) is 0 Å². The minimum atomic E-state index is -2.82. The van der Waals surface area contributed by atoms with Crippen LogP contribution >= 0.6 is 0 Å². The minimum absolute atomic E-state index is 0.0479. The number of hydrogen-bond donors (Lipinski definition) is 1. The summed E-state index contributed by atoms with van der Waals surface area (Å²) in [5.41, 5.74) is 2.15. The van der Waals surface area contributed by atoms with Crippen LogP contribution in [0, 0.1) is 0 Å². The van der Waals surface area contributed by atoms with Crippen molar-refractivity contribution < 1.29 is 13.5 Å². The Morgan fingerprint density at radius 1 is 1.38 bits per heavy atom. The molecule has 0 aliphatic carbocycles. The van der Waals surface area contributed by atoms with E-state index in [1.807, 2.05) is 0 Å². The molecule has 0 fully saturated rings. The van der Waals surface area contributed by atoms with Crippen molar-refractivity contribution in [2.24, 2.45) is 0 Å². The molecule has 0 saturated carbocycles. The number of nitrogens with one attached hydrogen (secondary N) is 1. The van der Waals surface area contributed by atoms with Gasteiger partial charge in [-0.05, 0) is 30.2 Å². The van der Waals surface area contributed by atoms with E-state index in [9.17, 15) is 8.78 Å². The summed E-state index contributed by atoms with van der Waals surface area (Å²) in [6.07, 6.45) is 4.57. The second-order valence-corrected chi connectivity index (χ2v) is 3.45. The van der Waals surface area contributed by atoms with Crippen molar-refractivity contribution in [2.75, 3.05) is 13.1 Å². The molecule has 1 N–H and O–H groups in total. The van der Waals surface area contributed by atoms with Crippen LogP contribution in [0.3, 0.4) is 0 Å². The molecule has 5 heteroatoms. The number of halogens is 2. The van der Waals surface area contributed by atoms with Gasteiger partial charge < -0.3 is 10.1 Å². The van der Waals surface area contributed by atoms with Crippen molar-refractivity contribution in [3.63, 3.8) is 0 Å². The number of alkyl halides is 2. The molecular formula is C11H12F2N2O. The first-order valence-electron chi connectivity index (χ1n) is 5.07. The lowest BCUT2D eigenvalue weighted by atomic mass is 10.0. The van der Waals surface area contributed by atoms with E-state index in [4.69, 9.17) is 0 Å². The van der Waals surface area contributed by atoms with Crippen LogP contribution in [-0.2, 0) is 0 Å². The molecule has 0 atom stereocenters. The van der Waals surface area contributed by atoms with Crippen LogP contribution in [0.2, 0.25) is 0 Å². The highest BCUT2D eigenvalue weighted by atomic mass is 19.3. The molecule has 16 heavy (non-hydrogen) atoms. The molecule has 1 aliphatic rings. The monoisotopic (exact) mass is 226 g/mol. The Bertz CT molecular complexity index is 376. The number of ether oxygens (including phenoxy) is 1. The molecule has 0 aromatic carbocycles. The zero-order valence-electron chi connectivity index (χ0n) is 8.62. The summed E-state index contributed by atoms with van der Waals surface area (Å²) in [7, 11) is 0. The number of hydrogen-bond acceptors (Lipinski definition) is 3. The first-order valence-corrected chi connectivity index (χ1v) is 5.07. The van der Waals surface area contributed by atoms with E-state index in [1.165, 1.54) is 11.6 Å². The second kappa shape index (κ2) is 5.03. The van der Waals surface area contributed by atoms with E-state index in [2.05, 4.69) is 21.1 Å². The Morgan fingerprint density at radius 3 is 2.81 bits per heavy atom. The second-order valence-electron chi connectivity index (χ2n) is 3.45. The Balaban J connectivity index is 2.09. The topological polar surface area (TPSA) is 34.1 Å². The maximum atomic E-state index is 11.9. The average Bonchev–Trinajstić information content (AvgIpc) is 2.30. The third-order valence-corrected chi connectivity index (χ3v) is 2.38. The number of nitrogens with zero attached hydrogens (tertiary/aromatic N) is 1.